The van der Waals surface area contributed by atoms with Gasteiger partial charge < -0.3 is 19.0 Å². The predicted molar refractivity (Wildman–Crippen MR) is 99.8 cm³/mol. The van der Waals surface area contributed by atoms with Crippen LogP contribution in [-0.4, -0.2) is 24.8 Å². The summed E-state index contributed by atoms with van der Waals surface area (Å²) in [5, 5.41) is 9.73. The van der Waals surface area contributed by atoms with Gasteiger partial charge in [0.25, 0.3) is 0 Å². The van der Waals surface area contributed by atoms with Crippen molar-refractivity contribution in [1.82, 2.24) is 0 Å². The van der Waals surface area contributed by atoms with Crippen LogP contribution in [-0.2, 0) is 11.2 Å². The van der Waals surface area contributed by atoms with Crippen LogP contribution < -0.4 is 9.47 Å². The Hall–Kier alpha value is -2.95. The number of furan rings is 1. The van der Waals surface area contributed by atoms with Gasteiger partial charge in [0.05, 0.1) is 19.8 Å². The Kier molecular flexibility index (Phi) is 5.16. The van der Waals surface area contributed by atoms with Crippen molar-refractivity contribution >= 4 is 16.9 Å². The number of carbonyl (C=O) groups is 1. The number of hydrogen-bond donors (Lipinski definition) is 1. The van der Waals surface area contributed by atoms with Gasteiger partial charge in [-0.25, -0.2) is 0 Å². The zero-order chi connectivity index (χ0) is 18.7. The average Bonchev–Trinajstić information content (AvgIpc) is 2.93. The molecule has 1 heterocycles. The van der Waals surface area contributed by atoms with Crippen LogP contribution in [0.3, 0.4) is 0 Å². The molecule has 0 bridgehead atoms. The first-order chi connectivity index (χ1) is 12.5. The van der Waals surface area contributed by atoms with Crippen molar-refractivity contribution in [2.75, 3.05) is 13.7 Å². The number of rotatable bonds is 6. The Morgan fingerprint density at radius 2 is 2.08 bits per heavy atom. The molecule has 0 radical (unpaired) electrons. The molecule has 1 aromatic carbocycles. The number of methoxy groups -OCH3 is 1. The van der Waals surface area contributed by atoms with Crippen LogP contribution in [0.4, 0.5) is 0 Å². The minimum absolute atomic E-state index is 0.0983. The van der Waals surface area contributed by atoms with Gasteiger partial charge in [0.15, 0.2) is 11.3 Å². The molecule has 1 aromatic heterocycles. The number of carboxylic acids is 1. The van der Waals surface area contributed by atoms with Crippen LogP contribution >= 0.6 is 0 Å². The molecule has 0 aliphatic heterocycles. The molecule has 3 rings (SSSR count). The molecule has 136 valence electrons. The summed E-state index contributed by atoms with van der Waals surface area (Å²) < 4.78 is 17.0. The van der Waals surface area contributed by atoms with E-state index in [9.17, 15) is 4.79 Å². The summed E-state index contributed by atoms with van der Waals surface area (Å²) in [7, 11) is 1.54. The Labute approximate surface area is 152 Å². The molecule has 2 aromatic rings. The summed E-state index contributed by atoms with van der Waals surface area (Å²) in [4.78, 5) is 11.0. The van der Waals surface area contributed by atoms with Crippen LogP contribution in [0.5, 0.6) is 11.5 Å². The summed E-state index contributed by atoms with van der Waals surface area (Å²) in [5.74, 6) is 0.134. The van der Waals surface area contributed by atoms with Gasteiger partial charge in [0, 0.05) is 10.9 Å². The number of allylic oxidation sites excluding steroid dienone is 4. The van der Waals surface area contributed by atoms with Crippen LogP contribution in [0.2, 0.25) is 0 Å². The van der Waals surface area contributed by atoms with E-state index < -0.39 is 5.97 Å². The highest BCUT2D eigenvalue weighted by Gasteiger charge is 2.17. The van der Waals surface area contributed by atoms with Crippen molar-refractivity contribution < 1.29 is 23.8 Å². The van der Waals surface area contributed by atoms with Gasteiger partial charge in [-0.1, -0.05) is 23.8 Å². The van der Waals surface area contributed by atoms with E-state index in [4.69, 9.17) is 19.0 Å². The lowest BCUT2D eigenvalue weighted by Crippen LogP contribution is -2.04. The number of ether oxygens (including phenoxy) is 2. The highest BCUT2D eigenvalue weighted by molar-refractivity contribution is 5.91. The minimum Gasteiger partial charge on any atom is -0.490 e. The number of benzene rings is 1. The van der Waals surface area contributed by atoms with Gasteiger partial charge in [-0.3, -0.25) is 4.79 Å². The minimum atomic E-state index is -0.905. The van der Waals surface area contributed by atoms with Gasteiger partial charge >= 0.3 is 5.97 Å². The largest absolute Gasteiger partial charge is 0.490 e. The number of fused-ring (bicyclic) bond motifs is 1. The second kappa shape index (κ2) is 7.52. The Morgan fingerprint density at radius 1 is 1.27 bits per heavy atom. The standard InChI is InChI=1S/C21H22O5/c1-13-4-6-14(2)15(7-5-13)11-25-18-9-8-17-16(10-19(22)23)12-26-20(17)21(18)24-3/h5-9,12H,4,10-11H2,1-3H3,(H,22,23). The molecule has 0 saturated heterocycles. The Balaban J connectivity index is 1.87. The molecule has 1 N–H and O–H groups in total. The van der Waals surface area contributed by atoms with Crippen molar-refractivity contribution in [2.24, 2.45) is 0 Å². The smallest absolute Gasteiger partial charge is 0.307 e. The molecule has 0 atom stereocenters. The van der Waals surface area contributed by atoms with Gasteiger partial charge in [0.2, 0.25) is 5.75 Å². The number of carboxylic acid groups (broad SMARTS) is 1. The van der Waals surface area contributed by atoms with E-state index in [1.807, 2.05) is 6.07 Å². The average molecular weight is 354 g/mol. The van der Waals surface area contributed by atoms with Crippen LogP contribution in [0.1, 0.15) is 25.8 Å². The SMILES string of the molecule is COc1c(OCC2=CC=C(C)CC=C2C)ccc2c(CC(=O)O)coc12. The van der Waals surface area contributed by atoms with E-state index in [0.29, 0.717) is 29.3 Å². The van der Waals surface area contributed by atoms with Gasteiger partial charge in [-0.2, -0.15) is 0 Å². The second-order valence-electron chi connectivity index (χ2n) is 6.39. The highest BCUT2D eigenvalue weighted by Crippen LogP contribution is 2.38. The van der Waals surface area contributed by atoms with Crippen molar-refractivity contribution in [3.05, 3.63) is 58.9 Å². The Morgan fingerprint density at radius 3 is 2.81 bits per heavy atom. The lowest BCUT2D eigenvalue weighted by atomic mass is 10.1. The number of hydrogen-bond acceptors (Lipinski definition) is 4. The van der Waals surface area contributed by atoms with Gasteiger partial charge in [0.1, 0.15) is 6.61 Å². The second-order valence-corrected chi connectivity index (χ2v) is 6.39. The maximum absolute atomic E-state index is 11.0. The fourth-order valence-corrected chi connectivity index (χ4v) is 2.92. The highest BCUT2D eigenvalue weighted by atomic mass is 16.5. The van der Waals surface area contributed by atoms with Crippen molar-refractivity contribution in [3.63, 3.8) is 0 Å². The normalized spacial score (nSPS) is 14.3. The van der Waals surface area contributed by atoms with Gasteiger partial charge in [-0.15, -0.1) is 0 Å². The van der Waals surface area contributed by atoms with Crippen LogP contribution in [0.25, 0.3) is 11.0 Å². The molecule has 1 aliphatic rings. The molecule has 5 heteroatoms. The molecule has 5 nitrogen and oxygen atoms in total. The van der Waals surface area contributed by atoms with Crippen molar-refractivity contribution in [2.45, 2.75) is 26.7 Å². The molecule has 0 spiro atoms. The summed E-state index contributed by atoms with van der Waals surface area (Å²) >= 11 is 0. The fourth-order valence-electron chi connectivity index (χ4n) is 2.92. The van der Waals surface area contributed by atoms with Crippen LogP contribution in [0.15, 0.2) is 57.8 Å². The lowest BCUT2D eigenvalue weighted by Gasteiger charge is -2.13. The first-order valence-electron chi connectivity index (χ1n) is 8.44. The molecule has 0 unspecified atom stereocenters. The summed E-state index contributed by atoms with van der Waals surface area (Å²) in [5.41, 5.74) is 4.72. The molecule has 0 amide bonds. The number of aliphatic carboxylic acids is 1. The molecule has 0 saturated carbocycles. The topological polar surface area (TPSA) is 68.9 Å². The van der Waals surface area contributed by atoms with E-state index in [2.05, 4.69) is 32.1 Å². The van der Waals surface area contributed by atoms with E-state index in [1.165, 1.54) is 17.4 Å². The van der Waals surface area contributed by atoms with E-state index >= 15 is 0 Å². The monoisotopic (exact) mass is 354 g/mol. The van der Waals surface area contributed by atoms with Crippen LogP contribution in [0, 0.1) is 0 Å². The molecular formula is C21H22O5. The summed E-state index contributed by atoms with van der Waals surface area (Å²) in [6, 6.07) is 3.60. The van der Waals surface area contributed by atoms with E-state index in [1.54, 1.807) is 13.2 Å². The van der Waals surface area contributed by atoms with E-state index in [-0.39, 0.29) is 6.42 Å². The molecule has 0 fully saturated rings. The van der Waals surface area contributed by atoms with E-state index in [0.717, 1.165) is 17.4 Å². The third-order valence-electron chi connectivity index (χ3n) is 4.48. The summed E-state index contributed by atoms with van der Waals surface area (Å²) in [6.45, 7) is 4.59. The maximum Gasteiger partial charge on any atom is 0.307 e. The zero-order valence-corrected chi connectivity index (χ0v) is 15.2. The van der Waals surface area contributed by atoms with Gasteiger partial charge in [-0.05, 0) is 43.5 Å². The molecular weight excluding hydrogens is 332 g/mol. The zero-order valence-electron chi connectivity index (χ0n) is 15.2. The first kappa shape index (κ1) is 17.9. The Bertz CT molecular complexity index is 927. The molecule has 1 aliphatic carbocycles. The fraction of sp³-hybridized carbons (Fsp3) is 0.286. The van der Waals surface area contributed by atoms with Crippen molar-refractivity contribution in [3.8, 4) is 11.5 Å². The third kappa shape index (κ3) is 3.67. The quantitative estimate of drug-likeness (QED) is 0.816. The van der Waals surface area contributed by atoms with Crippen molar-refractivity contribution in [1.29, 1.82) is 0 Å². The maximum atomic E-state index is 11.0. The lowest BCUT2D eigenvalue weighted by molar-refractivity contribution is -0.136. The first-order valence-corrected chi connectivity index (χ1v) is 8.44. The predicted octanol–water partition coefficient (Wildman–Crippen LogP) is 4.67. The third-order valence-corrected chi connectivity index (χ3v) is 4.48. The molecule has 26 heavy (non-hydrogen) atoms. The summed E-state index contributed by atoms with van der Waals surface area (Å²) in [6.07, 6.45) is 8.69.